The van der Waals surface area contributed by atoms with Crippen LogP contribution in [-0.4, -0.2) is 99.2 Å². The summed E-state index contributed by atoms with van der Waals surface area (Å²) in [5.74, 6) is 0.877. The quantitative estimate of drug-likeness (QED) is 0.154. The number of likely N-dealkylation sites (tertiary alicyclic amines) is 2. The minimum Gasteiger partial charge on any atom is -0.453 e. The van der Waals surface area contributed by atoms with Crippen molar-refractivity contribution in [2.75, 3.05) is 27.2 Å². The lowest BCUT2D eigenvalue weighted by Gasteiger charge is -2.30. The number of hydrogen-bond acceptors (Lipinski definition) is 7. The second-order valence-corrected chi connectivity index (χ2v) is 15.4. The molecule has 3 fully saturated rings. The van der Waals surface area contributed by atoms with Crippen LogP contribution in [0.5, 0.6) is 0 Å². The topological polar surface area (TPSA) is 177 Å². The third kappa shape index (κ3) is 9.29. The van der Waals surface area contributed by atoms with Crippen molar-refractivity contribution in [2.45, 2.75) is 114 Å². The predicted molar refractivity (Wildman–Crippen MR) is 200 cm³/mol. The minimum atomic E-state index is -4.66. The van der Waals surface area contributed by atoms with Gasteiger partial charge >= 0.3 is 18.3 Å². The number of rotatable bonds is 11. The van der Waals surface area contributed by atoms with Gasteiger partial charge in [0.1, 0.15) is 23.7 Å². The van der Waals surface area contributed by atoms with Crippen molar-refractivity contribution in [3.63, 3.8) is 0 Å². The number of amides is 5. The summed E-state index contributed by atoms with van der Waals surface area (Å²) in [6, 6.07) is 4.97. The zero-order valence-electron chi connectivity index (χ0n) is 32.2. The number of urea groups is 1. The van der Waals surface area contributed by atoms with Gasteiger partial charge in [-0.3, -0.25) is 9.59 Å². The first-order chi connectivity index (χ1) is 26.8. The molecule has 56 heavy (non-hydrogen) atoms. The van der Waals surface area contributed by atoms with E-state index in [4.69, 9.17) is 0 Å². The van der Waals surface area contributed by atoms with E-state index in [-0.39, 0.29) is 36.4 Å². The van der Waals surface area contributed by atoms with Gasteiger partial charge in [0, 0.05) is 37.9 Å². The monoisotopic (exact) mass is 783 g/mol. The Morgan fingerprint density at radius 1 is 0.839 bits per heavy atom. The molecule has 5 amide bonds. The van der Waals surface area contributed by atoms with Gasteiger partial charge in [-0.2, -0.15) is 13.2 Å². The third-order valence-electron chi connectivity index (χ3n) is 11.4. The van der Waals surface area contributed by atoms with Crippen LogP contribution < -0.4 is 16.0 Å². The maximum absolute atomic E-state index is 13.5. The SMILES string of the molecule is CNC(=O)N[C@H](C(=O)N1CCC[C@H]1c1ncc(-c2ccc(C3CCC(c4cnc([C@@H]5CCCN5C(=O)[C@@H](CC(F)(F)F)NC(=O)OC)[nH]4)CC3)cc2)[nH]1)C(C)C. The number of hydrogen-bond donors (Lipinski definition) is 5. The van der Waals surface area contributed by atoms with E-state index in [0.29, 0.717) is 31.1 Å². The molecule has 6 rings (SSSR count). The summed E-state index contributed by atoms with van der Waals surface area (Å²) in [5.41, 5.74) is 4.06. The van der Waals surface area contributed by atoms with Crippen LogP contribution in [0.4, 0.5) is 22.8 Å². The summed E-state index contributed by atoms with van der Waals surface area (Å²) in [6.45, 7) is 4.69. The Labute approximate surface area is 324 Å². The fraction of sp³-hybridized carbons (Fsp3) is 0.590. The fourth-order valence-corrected chi connectivity index (χ4v) is 8.42. The standard InChI is InChI=1S/C39H52F3N9O5/c1-22(2)32(49-37(54)43-3)36(53)51-18-6-8-31(51)34-45-21-29(47-34)26-15-11-24(12-16-26)23-9-13-25(14-10-23)28-20-44-33(46-28)30-7-5-17-50(30)35(52)27(19-39(40,41)42)48-38(55)56-4/h11-12,15-16,20-23,25,27,30-32H,5-10,13-14,17-19H2,1-4H3,(H,44,46)(H,45,47)(H,48,55)(H2,43,49,54)/t23?,25?,27-,30+,31+,32+/m1/s1. The molecule has 14 nitrogen and oxygen atoms in total. The molecule has 1 aliphatic carbocycles. The summed E-state index contributed by atoms with van der Waals surface area (Å²) < 4.78 is 44.4. The van der Waals surface area contributed by atoms with Crippen LogP contribution in [0.2, 0.25) is 0 Å². The lowest BCUT2D eigenvalue weighted by Crippen LogP contribution is -2.53. The summed E-state index contributed by atoms with van der Waals surface area (Å²) >= 11 is 0. The summed E-state index contributed by atoms with van der Waals surface area (Å²) in [4.78, 5) is 69.9. The van der Waals surface area contributed by atoms with E-state index in [1.54, 1.807) is 12.4 Å². The van der Waals surface area contributed by atoms with Crippen LogP contribution in [0, 0.1) is 5.92 Å². The number of nitrogens with one attached hydrogen (secondary N) is 5. The maximum Gasteiger partial charge on any atom is 0.407 e. The molecule has 3 aliphatic rings. The van der Waals surface area contributed by atoms with E-state index in [2.05, 4.69) is 64.9 Å². The molecular weight excluding hydrogens is 731 g/mol. The molecule has 0 spiro atoms. The minimum absolute atomic E-state index is 0.0789. The number of aromatic nitrogens is 4. The number of benzene rings is 1. The van der Waals surface area contributed by atoms with Crippen LogP contribution >= 0.6 is 0 Å². The van der Waals surface area contributed by atoms with Crippen molar-refractivity contribution in [1.29, 1.82) is 0 Å². The Hall–Kier alpha value is -5.09. The Morgan fingerprint density at radius 2 is 1.43 bits per heavy atom. The van der Waals surface area contributed by atoms with Gasteiger partial charge < -0.3 is 40.5 Å². The van der Waals surface area contributed by atoms with E-state index in [1.165, 1.54) is 17.5 Å². The summed E-state index contributed by atoms with van der Waals surface area (Å²) in [6.07, 6.45) is 2.91. The molecule has 1 aromatic carbocycles. The average Bonchev–Trinajstić information content (AvgIpc) is 4.02. The van der Waals surface area contributed by atoms with Crippen molar-refractivity contribution >= 4 is 23.9 Å². The van der Waals surface area contributed by atoms with Gasteiger partial charge in [-0.1, -0.05) is 38.1 Å². The summed E-state index contributed by atoms with van der Waals surface area (Å²) in [7, 11) is 2.56. The number of alkyl halides is 3. The lowest BCUT2D eigenvalue weighted by molar-refractivity contribution is -0.154. The third-order valence-corrected chi connectivity index (χ3v) is 11.4. The molecule has 4 atom stereocenters. The van der Waals surface area contributed by atoms with Gasteiger partial charge in [0.15, 0.2) is 0 Å². The largest absolute Gasteiger partial charge is 0.453 e. The van der Waals surface area contributed by atoms with E-state index < -0.39 is 42.7 Å². The molecular formula is C39H52F3N9O5. The van der Waals surface area contributed by atoms with Crippen LogP contribution in [0.3, 0.4) is 0 Å². The van der Waals surface area contributed by atoms with Crippen LogP contribution in [0.15, 0.2) is 36.7 Å². The van der Waals surface area contributed by atoms with E-state index >= 15 is 0 Å². The number of carbonyl (C=O) groups excluding carboxylic acids is 4. The summed E-state index contributed by atoms with van der Waals surface area (Å²) in [5, 5.41) is 7.38. The Morgan fingerprint density at radius 3 is 2.02 bits per heavy atom. The second kappa shape index (κ2) is 17.4. The molecule has 5 N–H and O–H groups in total. The lowest BCUT2D eigenvalue weighted by atomic mass is 9.77. The van der Waals surface area contributed by atoms with Gasteiger partial charge in [0.2, 0.25) is 11.8 Å². The zero-order chi connectivity index (χ0) is 40.1. The molecule has 2 aliphatic heterocycles. The predicted octanol–water partition coefficient (Wildman–Crippen LogP) is 6.20. The molecule has 3 aromatic rings. The number of ether oxygens (including phenoxy) is 1. The average molecular weight is 784 g/mol. The number of aromatic amines is 2. The number of alkyl carbamates (subject to hydrolysis) is 1. The van der Waals surface area contributed by atoms with Gasteiger partial charge in [-0.15, -0.1) is 0 Å². The molecule has 17 heteroatoms. The van der Waals surface area contributed by atoms with Gasteiger partial charge in [-0.05, 0) is 74.3 Å². The number of imidazole rings is 2. The molecule has 2 saturated heterocycles. The highest BCUT2D eigenvalue weighted by atomic mass is 19.4. The molecule has 0 bridgehead atoms. The fourth-order valence-electron chi connectivity index (χ4n) is 8.42. The van der Waals surface area contributed by atoms with Crippen molar-refractivity contribution in [1.82, 2.24) is 45.7 Å². The molecule has 0 radical (unpaired) electrons. The van der Waals surface area contributed by atoms with Crippen LogP contribution in [0.25, 0.3) is 11.3 Å². The molecule has 2 aromatic heterocycles. The first-order valence-corrected chi connectivity index (χ1v) is 19.5. The van der Waals surface area contributed by atoms with Gasteiger partial charge in [-0.25, -0.2) is 19.6 Å². The van der Waals surface area contributed by atoms with Crippen molar-refractivity contribution in [3.05, 3.63) is 59.6 Å². The van der Waals surface area contributed by atoms with E-state index in [9.17, 15) is 32.3 Å². The normalized spacial score (nSPS) is 22.5. The smallest absolute Gasteiger partial charge is 0.407 e. The van der Waals surface area contributed by atoms with Crippen molar-refractivity contribution in [2.24, 2.45) is 5.92 Å². The van der Waals surface area contributed by atoms with E-state index in [1.807, 2.05) is 18.7 Å². The Kier molecular flexibility index (Phi) is 12.6. The highest BCUT2D eigenvalue weighted by Gasteiger charge is 2.42. The van der Waals surface area contributed by atoms with Crippen molar-refractivity contribution in [3.8, 4) is 11.3 Å². The number of methoxy groups -OCH3 is 1. The van der Waals surface area contributed by atoms with Crippen molar-refractivity contribution < 1.29 is 37.1 Å². The van der Waals surface area contributed by atoms with Gasteiger partial charge in [0.25, 0.3) is 0 Å². The molecule has 1 saturated carbocycles. The highest BCUT2D eigenvalue weighted by Crippen LogP contribution is 2.42. The van der Waals surface area contributed by atoms with Gasteiger partial charge in [0.05, 0.1) is 37.5 Å². The molecule has 4 heterocycles. The van der Waals surface area contributed by atoms with E-state index in [0.717, 1.165) is 68.4 Å². The number of nitrogens with zero attached hydrogens (tertiary/aromatic N) is 4. The van der Waals surface area contributed by atoms with Crippen LogP contribution in [-0.2, 0) is 14.3 Å². The number of carbonyl (C=O) groups is 4. The molecule has 304 valence electrons. The van der Waals surface area contributed by atoms with Crippen LogP contribution in [0.1, 0.15) is 118 Å². The number of H-pyrrole nitrogens is 2. The molecule has 0 unspecified atom stereocenters. The first-order valence-electron chi connectivity index (χ1n) is 19.5. The Balaban J connectivity index is 1.04. The second-order valence-electron chi connectivity index (χ2n) is 15.4. The first kappa shape index (κ1) is 40.6. The highest BCUT2D eigenvalue weighted by molar-refractivity contribution is 5.88. The maximum atomic E-state index is 13.5. The zero-order valence-corrected chi connectivity index (χ0v) is 32.2. The Bertz CT molecular complexity index is 1840. The number of halogens is 3.